The highest BCUT2D eigenvalue weighted by molar-refractivity contribution is 9.10. The van der Waals surface area contributed by atoms with Crippen molar-refractivity contribution in [3.05, 3.63) is 63.4 Å². The van der Waals surface area contributed by atoms with E-state index in [0.29, 0.717) is 35.6 Å². The van der Waals surface area contributed by atoms with E-state index in [1.165, 1.54) is 11.3 Å². The summed E-state index contributed by atoms with van der Waals surface area (Å²) in [4.78, 5) is 16.6. The van der Waals surface area contributed by atoms with Crippen LogP contribution in [0.25, 0.3) is 16.9 Å². The lowest BCUT2D eigenvalue weighted by atomic mass is 10.1. The molecule has 9 heteroatoms. The number of aromatic nitrogens is 3. The molecule has 3 heterocycles. The van der Waals surface area contributed by atoms with E-state index < -0.39 is 0 Å². The second kappa shape index (κ2) is 8.62. The monoisotopic (exact) mass is 471 g/mol. The van der Waals surface area contributed by atoms with Crippen molar-refractivity contribution >= 4 is 44.6 Å². The van der Waals surface area contributed by atoms with Crippen LogP contribution in [0.3, 0.4) is 0 Å². The number of phenolic OH excluding ortho intramolecular Hbond substituents is 1. The highest BCUT2D eigenvalue weighted by Gasteiger charge is 2.13. The second-order valence-electron chi connectivity index (χ2n) is 6.32. The number of halogens is 1. The van der Waals surface area contributed by atoms with Crippen LogP contribution in [-0.4, -0.2) is 38.7 Å². The van der Waals surface area contributed by atoms with Crippen molar-refractivity contribution < 1.29 is 9.90 Å². The fourth-order valence-corrected chi connectivity index (χ4v) is 3.88. The van der Waals surface area contributed by atoms with Crippen LogP contribution in [0, 0.1) is 0 Å². The molecular formula is C20H18BrN5O2S. The van der Waals surface area contributed by atoms with E-state index in [1.807, 2.05) is 35.0 Å². The van der Waals surface area contributed by atoms with Crippen LogP contribution >= 0.6 is 27.3 Å². The van der Waals surface area contributed by atoms with E-state index >= 15 is 0 Å². The Kier molecular flexibility index (Phi) is 5.77. The minimum absolute atomic E-state index is 0.0598. The van der Waals surface area contributed by atoms with Gasteiger partial charge in [-0.1, -0.05) is 12.1 Å². The van der Waals surface area contributed by atoms with Crippen LogP contribution in [0.2, 0.25) is 0 Å². The summed E-state index contributed by atoms with van der Waals surface area (Å²) in [5, 5.41) is 24.5. The molecule has 0 fully saturated rings. The number of hydrogen-bond acceptors (Lipinski definition) is 6. The second-order valence-corrected chi connectivity index (χ2v) is 7.95. The Hall–Kier alpha value is -2.91. The molecule has 0 spiro atoms. The van der Waals surface area contributed by atoms with Gasteiger partial charge < -0.3 is 15.7 Å². The highest BCUT2D eigenvalue weighted by Crippen LogP contribution is 2.30. The zero-order chi connectivity index (χ0) is 20.2. The molecule has 0 bridgehead atoms. The molecule has 0 radical (unpaired) electrons. The molecule has 4 rings (SSSR count). The van der Waals surface area contributed by atoms with Crippen molar-refractivity contribution in [1.29, 1.82) is 0 Å². The van der Waals surface area contributed by atoms with Gasteiger partial charge in [0, 0.05) is 35.7 Å². The summed E-state index contributed by atoms with van der Waals surface area (Å²) in [6, 6.07) is 10.7. The third-order valence-corrected chi connectivity index (χ3v) is 5.58. The molecule has 0 saturated carbocycles. The Balaban J connectivity index is 1.47. The number of fused-ring (bicyclic) bond motifs is 1. The molecule has 0 aliphatic carbocycles. The van der Waals surface area contributed by atoms with E-state index in [9.17, 15) is 9.90 Å². The number of benzene rings is 1. The Morgan fingerprint density at radius 2 is 2.10 bits per heavy atom. The third kappa shape index (κ3) is 4.25. The predicted molar refractivity (Wildman–Crippen MR) is 118 cm³/mol. The predicted octanol–water partition coefficient (Wildman–Crippen LogP) is 4.16. The Bertz CT molecular complexity index is 1140. The van der Waals surface area contributed by atoms with Crippen LogP contribution in [0.4, 0.5) is 5.82 Å². The first-order valence-corrected chi connectivity index (χ1v) is 10.7. The smallest absolute Gasteiger partial charge is 0.252 e. The number of nitrogens with one attached hydrogen (secondary N) is 2. The van der Waals surface area contributed by atoms with Crippen molar-refractivity contribution in [1.82, 2.24) is 19.9 Å². The van der Waals surface area contributed by atoms with Gasteiger partial charge in [0.05, 0.1) is 16.4 Å². The molecular weight excluding hydrogens is 454 g/mol. The molecule has 7 nitrogen and oxygen atoms in total. The summed E-state index contributed by atoms with van der Waals surface area (Å²) in [6.45, 7) is 1.20. The van der Waals surface area contributed by atoms with Crippen molar-refractivity contribution in [2.75, 3.05) is 18.4 Å². The van der Waals surface area contributed by atoms with Gasteiger partial charge in [-0.3, -0.25) is 4.79 Å². The number of amides is 1. The minimum atomic E-state index is -0.0598. The van der Waals surface area contributed by atoms with Gasteiger partial charge in [0.2, 0.25) is 0 Å². The van der Waals surface area contributed by atoms with Gasteiger partial charge in [0.15, 0.2) is 5.65 Å². The van der Waals surface area contributed by atoms with Gasteiger partial charge >= 0.3 is 0 Å². The van der Waals surface area contributed by atoms with Gasteiger partial charge in [0.25, 0.3) is 5.91 Å². The maximum atomic E-state index is 12.0. The first-order chi connectivity index (χ1) is 14.1. The van der Waals surface area contributed by atoms with Crippen molar-refractivity contribution in [3.8, 4) is 17.0 Å². The van der Waals surface area contributed by atoms with Crippen molar-refractivity contribution in [2.45, 2.75) is 6.42 Å². The van der Waals surface area contributed by atoms with Crippen LogP contribution in [-0.2, 0) is 0 Å². The summed E-state index contributed by atoms with van der Waals surface area (Å²) < 4.78 is 2.47. The van der Waals surface area contributed by atoms with Crippen LogP contribution in [0.15, 0.2) is 57.8 Å². The van der Waals surface area contributed by atoms with Gasteiger partial charge in [-0.05, 0) is 45.9 Å². The lowest BCUT2D eigenvalue weighted by Crippen LogP contribution is -2.25. The standard InChI is InChI=1S/C20H18BrN5O2S/c21-15-11-24-26-18(22-7-3-8-23-20(28)13-6-9-29-12-13)10-16(25-19(15)26)14-4-1-2-5-17(14)27/h1-2,4-6,9-12,22,27H,3,7-8H2,(H,23,28). The number of rotatable bonds is 7. The maximum absolute atomic E-state index is 12.0. The number of anilines is 1. The molecule has 1 amide bonds. The van der Waals surface area contributed by atoms with E-state index in [1.54, 1.807) is 22.8 Å². The number of carbonyl (C=O) groups is 1. The number of carbonyl (C=O) groups excluding carboxylic acids is 1. The van der Waals surface area contributed by atoms with Crippen molar-refractivity contribution in [2.24, 2.45) is 0 Å². The molecule has 0 aliphatic rings. The summed E-state index contributed by atoms with van der Waals surface area (Å²) in [5.74, 6) is 0.862. The molecule has 0 saturated heterocycles. The number of nitrogens with zero attached hydrogens (tertiary/aromatic N) is 3. The number of para-hydroxylation sites is 1. The largest absolute Gasteiger partial charge is 0.507 e. The Labute approximate surface area is 179 Å². The molecule has 3 N–H and O–H groups in total. The number of phenols is 1. The minimum Gasteiger partial charge on any atom is -0.507 e. The van der Waals surface area contributed by atoms with Crippen molar-refractivity contribution in [3.63, 3.8) is 0 Å². The summed E-state index contributed by atoms with van der Waals surface area (Å²) in [7, 11) is 0. The average molecular weight is 472 g/mol. The number of thiophene rings is 1. The summed E-state index contributed by atoms with van der Waals surface area (Å²) >= 11 is 4.97. The molecule has 1 aromatic carbocycles. The van der Waals surface area contributed by atoms with E-state index in [2.05, 4.69) is 36.6 Å². The SMILES string of the molecule is O=C(NCCCNc1cc(-c2ccccc2O)nc2c(Br)cnn12)c1ccsc1. The lowest BCUT2D eigenvalue weighted by molar-refractivity contribution is 0.0954. The van der Waals surface area contributed by atoms with Gasteiger partial charge in [0.1, 0.15) is 11.6 Å². The van der Waals surface area contributed by atoms with Crippen LogP contribution in [0.5, 0.6) is 5.75 Å². The third-order valence-electron chi connectivity index (χ3n) is 4.34. The summed E-state index contributed by atoms with van der Waals surface area (Å²) in [6.07, 6.45) is 2.43. The fourth-order valence-electron chi connectivity index (χ4n) is 2.89. The van der Waals surface area contributed by atoms with E-state index in [0.717, 1.165) is 16.7 Å². The van der Waals surface area contributed by atoms with Crippen LogP contribution in [0.1, 0.15) is 16.8 Å². The molecule has 0 atom stereocenters. The Morgan fingerprint density at radius 1 is 1.24 bits per heavy atom. The molecule has 4 aromatic rings. The molecule has 0 unspecified atom stereocenters. The topological polar surface area (TPSA) is 91.5 Å². The van der Waals surface area contributed by atoms with Gasteiger partial charge in [-0.15, -0.1) is 0 Å². The first-order valence-electron chi connectivity index (χ1n) is 9.00. The normalized spacial score (nSPS) is 10.9. The lowest BCUT2D eigenvalue weighted by Gasteiger charge is -2.12. The average Bonchev–Trinajstić information content (AvgIpc) is 3.38. The highest BCUT2D eigenvalue weighted by atomic mass is 79.9. The number of hydrogen-bond donors (Lipinski definition) is 3. The fraction of sp³-hybridized carbons (Fsp3) is 0.150. The zero-order valence-electron chi connectivity index (χ0n) is 15.3. The zero-order valence-corrected chi connectivity index (χ0v) is 17.7. The molecule has 148 valence electrons. The van der Waals surface area contributed by atoms with Gasteiger partial charge in [-0.2, -0.15) is 21.0 Å². The van der Waals surface area contributed by atoms with E-state index in [4.69, 9.17) is 0 Å². The first kappa shape index (κ1) is 19.4. The Morgan fingerprint density at radius 3 is 2.90 bits per heavy atom. The molecule has 3 aromatic heterocycles. The quantitative estimate of drug-likeness (QED) is 0.352. The molecule has 0 aliphatic heterocycles. The summed E-state index contributed by atoms with van der Waals surface area (Å²) in [5.41, 5.74) is 2.63. The van der Waals surface area contributed by atoms with Gasteiger partial charge in [-0.25, -0.2) is 4.98 Å². The van der Waals surface area contributed by atoms with E-state index in [-0.39, 0.29) is 11.7 Å². The maximum Gasteiger partial charge on any atom is 0.252 e. The van der Waals surface area contributed by atoms with Crippen LogP contribution < -0.4 is 10.6 Å². The number of aromatic hydroxyl groups is 1. The molecule has 29 heavy (non-hydrogen) atoms.